The molecule has 0 N–H and O–H groups in total. The van der Waals surface area contributed by atoms with Crippen LogP contribution in [0.1, 0.15) is 26.3 Å². The predicted molar refractivity (Wildman–Crippen MR) is 136 cm³/mol. The van der Waals surface area contributed by atoms with Crippen molar-refractivity contribution in [2.24, 2.45) is 0 Å². The van der Waals surface area contributed by atoms with Gasteiger partial charge in [0.15, 0.2) is 12.4 Å². The van der Waals surface area contributed by atoms with E-state index in [-0.39, 0.29) is 35.7 Å². The molecule has 208 valence electrons. The van der Waals surface area contributed by atoms with Gasteiger partial charge in [-0.15, -0.1) is 0 Å². The molecule has 40 heavy (non-hydrogen) atoms. The smallest absolute Gasteiger partial charge is 0.338 e. The number of rotatable bonds is 11. The lowest BCUT2D eigenvalue weighted by atomic mass is 10.1. The standard InChI is InChI=1S/C27H24N2O11/c1-36-27-24(37-15-17-5-3-2-4-6-17)23(40-26(31)19-9-13-21(14-10-19)29(34)35)22(39-27)16-38-25(30)18-7-11-20(12-8-18)28(32)33/h2-14,22-24,27H,15-16H2,1H3/t22-,23+,24+,27+/m0/s1. The van der Waals surface area contributed by atoms with Crippen LogP contribution >= 0.6 is 0 Å². The van der Waals surface area contributed by atoms with Crippen LogP contribution in [0.2, 0.25) is 0 Å². The lowest BCUT2D eigenvalue weighted by molar-refractivity contribution is -0.385. The van der Waals surface area contributed by atoms with E-state index in [2.05, 4.69) is 0 Å². The molecule has 0 radical (unpaired) electrons. The molecule has 0 aromatic heterocycles. The Bertz CT molecular complexity index is 1350. The minimum Gasteiger partial charge on any atom is -0.459 e. The van der Waals surface area contributed by atoms with Gasteiger partial charge in [-0.25, -0.2) is 9.59 Å². The van der Waals surface area contributed by atoms with Gasteiger partial charge in [0.05, 0.1) is 27.6 Å². The average Bonchev–Trinajstić information content (AvgIpc) is 3.31. The van der Waals surface area contributed by atoms with Gasteiger partial charge >= 0.3 is 11.9 Å². The van der Waals surface area contributed by atoms with Gasteiger partial charge in [0.2, 0.25) is 0 Å². The van der Waals surface area contributed by atoms with Gasteiger partial charge in [0.1, 0.15) is 18.8 Å². The number of non-ortho nitro benzene ring substituents is 2. The molecule has 1 saturated heterocycles. The van der Waals surface area contributed by atoms with Crippen LogP contribution in [-0.4, -0.2) is 60.1 Å². The fourth-order valence-electron chi connectivity index (χ4n) is 3.97. The van der Waals surface area contributed by atoms with Crippen LogP contribution in [0.4, 0.5) is 11.4 Å². The molecule has 0 unspecified atom stereocenters. The molecule has 0 aliphatic carbocycles. The fourth-order valence-corrected chi connectivity index (χ4v) is 3.97. The Labute approximate surface area is 227 Å². The lowest BCUT2D eigenvalue weighted by Crippen LogP contribution is -2.41. The van der Waals surface area contributed by atoms with Crippen molar-refractivity contribution in [2.75, 3.05) is 13.7 Å². The van der Waals surface area contributed by atoms with Gasteiger partial charge in [-0.1, -0.05) is 30.3 Å². The highest BCUT2D eigenvalue weighted by Gasteiger charge is 2.49. The Morgan fingerprint density at radius 2 is 1.35 bits per heavy atom. The molecule has 1 aliphatic rings. The first-order valence-corrected chi connectivity index (χ1v) is 12.0. The van der Waals surface area contributed by atoms with Crippen molar-refractivity contribution in [3.8, 4) is 0 Å². The van der Waals surface area contributed by atoms with Crippen LogP contribution in [0.3, 0.4) is 0 Å². The van der Waals surface area contributed by atoms with E-state index < -0.39 is 46.4 Å². The molecular formula is C27H24N2O11. The minimum absolute atomic E-state index is 0.0508. The Morgan fingerprint density at radius 1 is 0.800 bits per heavy atom. The van der Waals surface area contributed by atoms with Crippen molar-refractivity contribution in [3.63, 3.8) is 0 Å². The number of methoxy groups -OCH3 is 1. The lowest BCUT2D eigenvalue weighted by Gasteiger charge is -2.24. The average molecular weight is 552 g/mol. The van der Waals surface area contributed by atoms with E-state index >= 15 is 0 Å². The van der Waals surface area contributed by atoms with Gasteiger partial charge in [0.25, 0.3) is 11.4 Å². The van der Waals surface area contributed by atoms with E-state index in [9.17, 15) is 29.8 Å². The maximum Gasteiger partial charge on any atom is 0.338 e. The minimum atomic E-state index is -1.10. The van der Waals surface area contributed by atoms with Gasteiger partial charge in [-0.05, 0) is 29.8 Å². The van der Waals surface area contributed by atoms with Crippen LogP contribution in [0.15, 0.2) is 78.9 Å². The quantitative estimate of drug-likeness (QED) is 0.193. The molecule has 0 spiro atoms. The SMILES string of the molecule is CO[C@@H]1O[C@@H](COC(=O)c2ccc([N+](=O)[O-])cc2)[C@@H](OC(=O)c2ccc([N+](=O)[O-])cc2)[C@H]1OCc1ccccc1. The Kier molecular flexibility index (Phi) is 9.11. The van der Waals surface area contributed by atoms with Gasteiger partial charge in [-0.3, -0.25) is 20.2 Å². The molecule has 13 heteroatoms. The number of benzene rings is 3. The number of esters is 2. The van der Waals surface area contributed by atoms with E-state index in [0.29, 0.717) is 0 Å². The summed E-state index contributed by atoms with van der Waals surface area (Å²) >= 11 is 0. The van der Waals surface area contributed by atoms with Crippen molar-refractivity contribution in [1.29, 1.82) is 0 Å². The van der Waals surface area contributed by atoms with Crippen molar-refractivity contribution in [1.82, 2.24) is 0 Å². The summed E-state index contributed by atoms with van der Waals surface area (Å²) < 4.78 is 28.4. The van der Waals surface area contributed by atoms with Crippen LogP contribution in [-0.2, 0) is 30.3 Å². The van der Waals surface area contributed by atoms with Crippen molar-refractivity contribution in [2.45, 2.75) is 31.2 Å². The first-order chi connectivity index (χ1) is 19.3. The number of nitrogens with zero attached hydrogens (tertiary/aromatic N) is 2. The van der Waals surface area contributed by atoms with Crippen LogP contribution < -0.4 is 0 Å². The second kappa shape index (κ2) is 12.9. The van der Waals surface area contributed by atoms with Gasteiger partial charge in [-0.2, -0.15) is 0 Å². The third-order valence-electron chi connectivity index (χ3n) is 6.03. The predicted octanol–water partition coefficient (Wildman–Crippen LogP) is 3.84. The molecule has 1 fully saturated rings. The van der Waals surface area contributed by atoms with Crippen molar-refractivity contribution < 1.29 is 43.1 Å². The summed E-state index contributed by atoms with van der Waals surface area (Å²) in [6.07, 6.45) is -4.01. The topological polar surface area (TPSA) is 167 Å². The number of nitro benzene ring substituents is 2. The molecule has 0 saturated carbocycles. The number of hydrogen-bond acceptors (Lipinski definition) is 11. The van der Waals surface area contributed by atoms with Crippen LogP contribution in [0.25, 0.3) is 0 Å². The zero-order valence-corrected chi connectivity index (χ0v) is 21.1. The van der Waals surface area contributed by atoms with E-state index in [1.54, 1.807) is 0 Å². The highest BCUT2D eigenvalue weighted by molar-refractivity contribution is 5.90. The largest absolute Gasteiger partial charge is 0.459 e. The normalized spacial score (nSPS) is 20.0. The first-order valence-electron chi connectivity index (χ1n) is 12.0. The summed E-state index contributed by atoms with van der Waals surface area (Å²) in [7, 11) is 1.38. The highest BCUT2D eigenvalue weighted by Crippen LogP contribution is 2.30. The number of ether oxygens (including phenoxy) is 5. The summed E-state index contributed by atoms with van der Waals surface area (Å²) in [6.45, 7) is -0.227. The fraction of sp³-hybridized carbons (Fsp3) is 0.259. The maximum absolute atomic E-state index is 13.0. The van der Waals surface area contributed by atoms with Crippen molar-refractivity contribution in [3.05, 3.63) is 116 Å². The van der Waals surface area contributed by atoms with Crippen LogP contribution in [0.5, 0.6) is 0 Å². The highest BCUT2D eigenvalue weighted by atomic mass is 16.7. The maximum atomic E-state index is 13.0. The molecule has 4 rings (SSSR count). The number of hydrogen-bond donors (Lipinski definition) is 0. The molecule has 13 nitrogen and oxygen atoms in total. The van der Waals surface area contributed by atoms with E-state index in [4.69, 9.17) is 23.7 Å². The number of carbonyl (C=O) groups excluding carboxylic acids is 2. The summed E-state index contributed by atoms with van der Waals surface area (Å²) in [6, 6.07) is 18.9. The second-order valence-corrected chi connectivity index (χ2v) is 8.62. The first kappa shape index (κ1) is 28.3. The Hall–Kier alpha value is -4.72. The van der Waals surface area contributed by atoms with Crippen molar-refractivity contribution >= 4 is 23.3 Å². The van der Waals surface area contributed by atoms with E-state index in [1.165, 1.54) is 55.6 Å². The van der Waals surface area contributed by atoms with E-state index in [0.717, 1.165) is 5.56 Å². The van der Waals surface area contributed by atoms with Gasteiger partial charge < -0.3 is 23.7 Å². The Morgan fingerprint density at radius 3 is 1.88 bits per heavy atom. The summed E-state index contributed by atoms with van der Waals surface area (Å²) in [5.41, 5.74) is 0.583. The summed E-state index contributed by atoms with van der Waals surface area (Å²) in [5.74, 6) is -1.58. The Balaban J connectivity index is 1.51. The molecular weight excluding hydrogens is 528 g/mol. The van der Waals surface area contributed by atoms with E-state index in [1.807, 2.05) is 30.3 Å². The zero-order valence-electron chi connectivity index (χ0n) is 21.1. The monoisotopic (exact) mass is 552 g/mol. The molecule has 4 atom stereocenters. The second-order valence-electron chi connectivity index (χ2n) is 8.62. The molecule has 1 heterocycles. The summed E-state index contributed by atoms with van der Waals surface area (Å²) in [5, 5.41) is 21.8. The molecule has 3 aromatic rings. The molecule has 3 aromatic carbocycles. The van der Waals surface area contributed by atoms with Crippen LogP contribution in [0, 0.1) is 20.2 Å². The zero-order chi connectivity index (χ0) is 28.6. The molecule has 0 amide bonds. The molecule has 0 bridgehead atoms. The third kappa shape index (κ3) is 6.83. The summed E-state index contributed by atoms with van der Waals surface area (Å²) in [4.78, 5) is 46.2. The number of nitro groups is 2. The molecule has 1 aliphatic heterocycles. The number of carbonyl (C=O) groups is 2. The third-order valence-corrected chi connectivity index (χ3v) is 6.03. The van der Waals surface area contributed by atoms with Gasteiger partial charge in [0, 0.05) is 31.4 Å².